The van der Waals surface area contributed by atoms with Gasteiger partial charge in [-0.2, -0.15) is 0 Å². The van der Waals surface area contributed by atoms with E-state index >= 15 is 0 Å². The third-order valence-corrected chi connectivity index (χ3v) is 2.92. The molecular weight excluding hydrogens is 212 g/mol. The lowest BCUT2D eigenvalue weighted by atomic mass is 10.1. The largest absolute Gasteiger partial charge is 0.399 e. The van der Waals surface area contributed by atoms with Gasteiger partial charge in [-0.3, -0.25) is 0 Å². The number of nitrogens with two attached hydrogens (primary N) is 1. The average molecular weight is 236 g/mol. The van der Waals surface area contributed by atoms with Gasteiger partial charge in [0, 0.05) is 12.2 Å². The molecule has 0 bridgehead atoms. The van der Waals surface area contributed by atoms with Crippen LogP contribution in [0.15, 0.2) is 24.3 Å². The Morgan fingerprint density at radius 1 is 1.35 bits per heavy atom. The molecule has 17 heavy (non-hydrogen) atoms. The molecule has 0 radical (unpaired) electrons. The second-order valence-corrected chi connectivity index (χ2v) is 4.66. The van der Waals surface area contributed by atoms with Crippen LogP contribution >= 0.6 is 0 Å². The minimum Gasteiger partial charge on any atom is -0.399 e. The van der Waals surface area contributed by atoms with Crippen molar-refractivity contribution in [2.45, 2.75) is 32.3 Å². The van der Waals surface area contributed by atoms with Crippen molar-refractivity contribution in [3.8, 4) is 0 Å². The van der Waals surface area contributed by atoms with Gasteiger partial charge in [0.15, 0.2) is 0 Å². The third-order valence-electron chi connectivity index (χ3n) is 2.92. The number of unbranched alkanes of at least 4 members (excludes halogenated alkanes) is 2. The van der Waals surface area contributed by atoms with E-state index in [1.54, 1.807) is 0 Å². The van der Waals surface area contributed by atoms with E-state index in [-0.39, 0.29) is 0 Å². The maximum atomic E-state index is 10.1. The van der Waals surface area contributed by atoms with Crippen molar-refractivity contribution in [3.05, 3.63) is 29.8 Å². The molecule has 0 spiro atoms. The maximum Gasteiger partial charge on any atom is 0.0917 e. The highest BCUT2D eigenvalue weighted by Crippen LogP contribution is 2.16. The van der Waals surface area contributed by atoms with E-state index in [0.717, 1.165) is 12.1 Å². The summed E-state index contributed by atoms with van der Waals surface area (Å²) in [7, 11) is 2.05. The third kappa shape index (κ3) is 5.20. The van der Waals surface area contributed by atoms with Crippen LogP contribution in [-0.4, -0.2) is 30.1 Å². The van der Waals surface area contributed by atoms with Crippen molar-refractivity contribution in [3.63, 3.8) is 0 Å². The molecule has 0 amide bonds. The molecule has 1 rings (SSSR count). The van der Waals surface area contributed by atoms with Gasteiger partial charge in [-0.05, 0) is 37.7 Å². The number of hydrogen-bond acceptors (Lipinski definition) is 3. The van der Waals surface area contributed by atoms with E-state index in [4.69, 9.17) is 5.73 Å². The lowest BCUT2D eigenvalue weighted by molar-refractivity contribution is 0.126. The quantitative estimate of drug-likeness (QED) is 0.564. The fourth-order valence-corrected chi connectivity index (χ4v) is 1.89. The van der Waals surface area contributed by atoms with Crippen LogP contribution in [0.5, 0.6) is 0 Å². The van der Waals surface area contributed by atoms with Gasteiger partial charge in [0.25, 0.3) is 0 Å². The SMILES string of the molecule is CCCCCN(C)C[C@H](O)c1cccc(N)c1. The predicted molar refractivity (Wildman–Crippen MR) is 72.8 cm³/mol. The lowest BCUT2D eigenvalue weighted by Gasteiger charge is -2.20. The zero-order chi connectivity index (χ0) is 12.7. The monoisotopic (exact) mass is 236 g/mol. The van der Waals surface area contributed by atoms with Gasteiger partial charge in [0.2, 0.25) is 0 Å². The minimum atomic E-state index is -0.454. The number of likely N-dealkylation sites (N-methyl/N-ethyl adjacent to an activating group) is 1. The van der Waals surface area contributed by atoms with Gasteiger partial charge in [-0.1, -0.05) is 31.9 Å². The molecular formula is C14H24N2O. The first-order valence-corrected chi connectivity index (χ1v) is 6.35. The zero-order valence-electron chi connectivity index (χ0n) is 10.9. The van der Waals surface area contributed by atoms with Crippen LogP contribution in [0.25, 0.3) is 0 Å². The van der Waals surface area contributed by atoms with Crippen LogP contribution in [0.4, 0.5) is 5.69 Å². The molecule has 3 nitrogen and oxygen atoms in total. The van der Waals surface area contributed by atoms with Crippen LogP contribution in [0.1, 0.15) is 37.9 Å². The molecule has 1 aromatic carbocycles. The Labute approximate surface area is 104 Å². The number of nitrogen functional groups attached to an aromatic ring is 1. The van der Waals surface area contributed by atoms with Crippen molar-refractivity contribution in [2.24, 2.45) is 0 Å². The van der Waals surface area contributed by atoms with Crippen LogP contribution < -0.4 is 5.73 Å². The molecule has 0 saturated heterocycles. The van der Waals surface area contributed by atoms with E-state index < -0.39 is 6.10 Å². The first-order valence-electron chi connectivity index (χ1n) is 6.35. The van der Waals surface area contributed by atoms with Gasteiger partial charge in [0.05, 0.1) is 6.10 Å². The smallest absolute Gasteiger partial charge is 0.0917 e. The summed E-state index contributed by atoms with van der Waals surface area (Å²) in [5.41, 5.74) is 7.30. The first-order chi connectivity index (χ1) is 8.13. The second-order valence-electron chi connectivity index (χ2n) is 4.66. The van der Waals surface area contributed by atoms with Crippen molar-refractivity contribution < 1.29 is 5.11 Å². The molecule has 0 aliphatic heterocycles. The highest BCUT2D eigenvalue weighted by atomic mass is 16.3. The Morgan fingerprint density at radius 2 is 2.12 bits per heavy atom. The minimum absolute atomic E-state index is 0.454. The second kappa shape index (κ2) is 7.30. The fourth-order valence-electron chi connectivity index (χ4n) is 1.89. The van der Waals surface area contributed by atoms with Gasteiger partial charge >= 0.3 is 0 Å². The van der Waals surface area contributed by atoms with Crippen LogP contribution in [-0.2, 0) is 0 Å². The van der Waals surface area contributed by atoms with Gasteiger partial charge < -0.3 is 15.7 Å². The summed E-state index contributed by atoms with van der Waals surface area (Å²) in [6.45, 7) is 3.89. The molecule has 3 N–H and O–H groups in total. The Morgan fingerprint density at radius 3 is 2.76 bits per heavy atom. The van der Waals surface area contributed by atoms with Crippen molar-refractivity contribution >= 4 is 5.69 Å². The van der Waals surface area contributed by atoms with E-state index in [2.05, 4.69) is 11.8 Å². The highest BCUT2D eigenvalue weighted by Gasteiger charge is 2.10. The normalized spacial score (nSPS) is 12.9. The summed E-state index contributed by atoms with van der Waals surface area (Å²) < 4.78 is 0. The Balaban J connectivity index is 2.40. The lowest BCUT2D eigenvalue weighted by Crippen LogP contribution is -2.25. The van der Waals surface area contributed by atoms with Crippen LogP contribution in [0, 0.1) is 0 Å². The van der Waals surface area contributed by atoms with E-state index in [1.807, 2.05) is 31.3 Å². The summed E-state index contributed by atoms with van der Waals surface area (Å²) in [4.78, 5) is 2.17. The number of rotatable bonds is 7. The van der Waals surface area contributed by atoms with E-state index in [1.165, 1.54) is 19.3 Å². The summed E-state index contributed by atoms with van der Waals surface area (Å²) in [5.74, 6) is 0. The maximum absolute atomic E-state index is 10.1. The number of anilines is 1. The number of aliphatic hydroxyl groups is 1. The number of nitrogens with zero attached hydrogens (tertiary/aromatic N) is 1. The van der Waals surface area contributed by atoms with Crippen molar-refractivity contribution in [1.29, 1.82) is 0 Å². The molecule has 0 aliphatic carbocycles. The Bertz CT molecular complexity index is 328. The van der Waals surface area contributed by atoms with Gasteiger partial charge in [0.1, 0.15) is 0 Å². The summed E-state index contributed by atoms with van der Waals surface area (Å²) >= 11 is 0. The first kappa shape index (κ1) is 14.0. The predicted octanol–water partition coefficient (Wildman–Crippen LogP) is 2.42. The van der Waals surface area contributed by atoms with Crippen LogP contribution in [0.3, 0.4) is 0 Å². The molecule has 1 aromatic rings. The highest BCUT2D eigenvalue weighted by molar-refractivity contribution is 5.41. The molecule has 3 heteroatoms. The van der Waals surface area contributed by atoms with Gasteiger partial charge in [-0.15, -0.1) is 0 Å². The van der Waals surface area contributed by atoms with E-state index in [0.29, 0.717) is 12.2 Å². The van der Waals surface area contributed by atoms with Crippen LogP contribution in [0.2, 0.25) is 0 Å². The van der Waals surface area contributed by atoms with Gasteiger partial charge in [-0.25, -0.2) is 0 Å². The number of aliphatic hydroxyl groups excluding tert-OH is 1. The molecule has 0 saturated carbocycles. The summed E-state index contributed by atoms with van der Waals surface area (Å²) in [6, 6.07) is 7.47. The molecule has 0 unspecified atom stereocenters. The molecule has 0 heterocycles. The topological polar surface area (TPSA) is 49.5 Å². The molecule has 1 atom stereocenters. The average Bonchev–Trinajstić information content (AvgIpc) is 2.29. The Hall–Kier alpha value is -1.06. The molecule has 0 fully saturated rings. The Kier molecular flexibility index (Phi) is 6.01. The summed E-state index contributed by atoms with van der Waals surface area (Å²) in [5, 5.41) is 10.1. The zero-order valence-corrected chi connectivity index (χ0v) is 10.9. The molecule has 96 valence electrons. The van der Waals surface area contributed by atoms with Crippen molar-refractivity contribution in [2.75, 3.05) is 25.9 Å². The fraction of sp³-hybridized carbons (Fsp3) is 0.571. The molecule has 0 aliphatic rings. The van der Waals surface area contributed by atoms with E-state index in [9.17, 15) is 5.11 Å². The number of hydrogen-bond donors (Lipinski definition) is 2. The number of benzene rings is 1. The standard InChI is InChI=1S/C14H24N2O/c1-3-4-5-9-16(2)11-14(17)12-7-6-8-13(15)10-12/h6-8,10,14,17H,3-5,9,11,15H2,1-2H3/t14-/m0/s1. The van der Waals surface area contributed by atoms with Crippen molar-refractivity contribution in [1.82, 2.24) is 4.90 Å². The molecule has 0 aromatic heterocycles. The summed E-state index contributed by atoms with van der Waals surface area (Å²) in [6.07, 6.45) is 3.21.